The molecule has 4 aliphatic rings. The van der Waals surface area contributed by atoms with Gasteiger partial charge < -0.3 is 25.4 Å². The van der Waals surface area contributed by atoms with Gasteiger partial charge in [-0.3, -0.25) is 19.3 Å². The van der Waals surface area contributed by atoms with Gasteiger partial charge in [0.05, 0.1) is 42.4 Å². The molecule has 5 rings (SSSR count). The average molecular weight is 638 g/mol. The highest BCUT2D eigenvalue weighted by Gasteiger charge is 2.76. The van der Waals surface area contributed by atoms with Crippen LogP contribution in [0.2, 0.25) is 0 Å². The van der Waals surface area contributed by atoms with Gasteiger partial charge >= 0.3 is 0 Å². The number of nitrogens with one attached hydrogen (secondary N) is 2. The van der Waals surface area contributed by atoms with E-state index in [1.807, 2.05) is 30.3 Å². The first-order valence-electron chi connectivity index (χ1n) is 14.4. The van der Waals surface area contributed by atoms with Crippen LogP contribution in [0.5, 0.6) is 0 Å². The second-order valence-electron chi connectivity index (χ2n) is 11.8. The van der Waals surface area contributed by atoms with Crippen LogP contribution in [-0.4, -0.2) is 106 Å². The maximum absolute atomic E-state index is 14.3. The number of carbonyl (C=O) groups is 3. The normalized spacial score (nSPS) is 32.4. The lowest BCUT2D eigenvalue weighted by Crippen LogP contribution is -2.57. The molecule has 1 aromatic carbocycles. The van der Waals surface area contributed by atoms with E-state index in [4.69, 9.17) is 4.74 Å². The number of benzene rings is 1. The molecular formula is C29H41BrN4O5S. The summed E-state index contributed by atoms with van der Waals surface area (Å²) in [7, 11) is 0. The Hall–Kier alpha value is -1.66. The van der Waals surface area contributed by atoms with Crippen molar-refractivity contribution in [3.63, 3.8) is 0 Å². The number of ether oxygens (including phenoxy) is 1. The number of amides is 3. The van der Waals surface area contributed by atoms with E-state index in [1.54, 1.807) is 16.7 Å². The van der Waals surface area contributed by atoms with Gasteiger partial charge in [0.2, 0.25) is 17.7 Å². The fourth-order valence-electron chi connectivity index (χ4n) is 7.04. The summed E-state index contributed by atoms with van der Waals surface area (Å²) in [6.45, 7) is 8.49. The van der Waals surface area contributed by atoms with Gasteiger partial charge in [-0.05, 0) is 24.3 Å². The van der Waals surface area contributed by atoms with Crippen LogP contribution >= 0.6 is 27.7 Å². The molecule has 0 aromatic heterocycles. The maximum atomic E-state index is 14.3. The minimum Gasteiger partial charge on any atom is -0.394 e. The van der Waals surface area contributed by atoms with E-state index >= 15 is 0 Å². The van der Waals surface area contributed by atoms with Crippen molar-refractivity contribution in [1.29, 1.82) is 0 Å². The van der Waals surface area contributed by atoms with Crippen LogP contribution in [0.3, 0.4) is 0 Å². The largest absolute Gasteiger partial charge is 0.394 e. The molecule has 1 aromatic rings. The predicted molar refractivity (Wildman–Crippen MR) is 158 cm³/mol. The van der Waals surface area contributed by atoms with E-state index in [0.717, 1.165) is 18.7 Å². The van der Waals surface area contributed by atoms with Gasteiger partial charge in [0, 0.05) is 42.8 Å². The lowest BCUT2D eigenvalue weighted by Gasteiger charge is -2.38. The molecule has 3 unspecified atom stereocenters. The van der Waals surface area contributed by atoms with Crippen LogP contribution in [0, 0.1) is 17.8 Å². The molecule has 2 bridgehead atoms. The third-order valence-corrected chi connectivity index (χ3v) is 12.0. The molecule has 4 fully saturated rings. The summed E-state index contributed by atoms with van der Waals surface area (Å²) in [6, 6.07) is 8.50. The third-order valence-electron chi connectivity index (χ3n) is 8.77. The van der Waals surface area contributed by atoms with E-state index in [-0.39, 0.29) is 40.3 Å². The summed E-state index contributed by atoms with van der Waals surface area (Å²) in [5.74, 6) is -1.45. The number of aliphatic hydroxyl groups excluding tert-OH is 1. The minimum absolute atomic E-state index is 0.00954. The molecule has 4 heterocycles. The van der Waals surface area contributed by atoms with Crippen LogP contribution < -0.4 is 10.6 Å². The molecule has 220 valence electrons. The second-order valence-corrected chi connectivity index (χ2v) is 14.5. The monoisotopic (exact) mass is 636 g/mol. The summed E-state index contributed by atoms with van der Waals surface area (Å²) < 4.78 is 4.71. The first kappa shape index (κ1) is 29.8. The number of nitrogens with zero attached hydrogens (tertiary/aromatic N) is 2. The van der Waals surface area contributed by atoms with Gasteiger partial charge in [0.15, 0.2) is 0 Å². The molecule has 11 heteroatoms. The first-order chi connectivity index (χ1) is 19.3. The Balaban J connectivity index is 1.40. The van der Waals surface area contributed by atoms with E-state index in [9.17, 15) is 19.5 Å². The number of rotatable bonds is 11. The first-order valence-corrected chi connectivity index (χ1v) is 16.2. The van der Waals surface area contributed by atoms with Crippen LogP contribution in [0.1, 0.15) is 32.3 Å². The van der Waals surface area contributed by atoms with Crippen molar-refractivity contribution in [3.8, 4) is 0 Å². The molecule has 40 heavy (non-hydrogen) atoms. The number of carbonyl (C=O) groups excluding carboxylic acids is 3. The van der Waals surface area contributed by atoms with Crippen LogP contribution in [0.15, 0.2) is 30.3 Å². The number of thioether (sulfide) groups is 1. The lowest BCUT2D eigenvalue weighted by molar-refractivity contribution is -0.143. The quantitative estimate of drug-likeness (QED) is 0.317. The fraction of sp³-hybridized carbons (Fsp3) is 0.690. The number of likely N-dealkylation sites (tertiary alicyclic amines) is 1. The number of hydrogen-bond donors (Lipinski definition) is 3. The molecule has 7 atom stereocenters. The Morgan fingerprint density at radius 1 is 1.18 bits per heavy atom. The number of hydrogen-bond acceptors (Lipinski definition) is 7. The Labute approximate surface area is 249 Å². The summed E-state index contributed by atoms with van der Waals surface area (Å²) in [4.78, 5) is 45.9. The van der Waals surface area contributed by atoms with Crippen molar-refractivity contribution in [2.75, 3.05) is 46.0 Å². The zero-order chi connectivity index (χ0) is 28.4. The SMILES string of the molecule is CC(C)C[C@H](CO)N1C(=O)[C@@H]2[C@H](C(=O)NCc3ccccc3)[C@H]3SC2(CC3Br)C1C(=O)NCCN1CCOCC1. The summed E-state index contributed by atoms with van der Waals surface area (Å²) in [5, 5.41) is 16.5. The van der Waals surface area contributed by atoms with Gasteiger partial charge in [0.1, 0.15) is 6.04 Å². The van der Waals surface area contributed by atoms with Gasteiger partial charge in [-0.25, -0.2) is 0 Å². The van der Waals surface area contributed by atoms with Crippen LogP contribution in [0.25, 0.3) is 0 Å². The molecule has 0 aliphatic carbocycles. The van der Waals surface area contributed by atoms with E-state index in [0.29, 0.717) is 45.7 Å². The molecule has 1 spiro atoms. The molecule has 3 N–H and O–H groups in total. The van der Waals surface area contributed by atoms with Gasteiger partial charge in [-0.1, -0.05) is 60.1 Å². The highest BCUT2D eigenvalue weighted by Crippen LogP contribution is 2.68. The zero-order valence-corrected chi connectivity index (χ0v) is 25.7. The van der Waals surface area contributed by atoms with Gasteiger partial charge in [-0.2, -0.15) is 0 Å². The van der Waals surface area contributed by atoms with Crippen LogP contribution in [0.4, 0.5) is 0 Å². The molecule has 0 radical (unpaired) electrons. The third kappa shape index (κ3) is 5.69. The Bertz CT molecular complexity index is 1070. The van der Waals surface area contributed by atoms with Gasteiger partial charge in [-0.15, -0.1) is 11.8 Å². The second kappa shape index (κ2) is 12.7. The van der Waals surface area contributed by atoms with Crippen molar-refractivity contribution in [2.24, 2.45) is 17.8 Å². The number of fused-ring (bicyclic) bond motifs is 1. The highest BCUT2D eigenvalue weighted by atomic mass is 79.9. The van der Waals surface area contributed by atoms with E-state index in [1.165, 1.54) is 0 Å². The number of alkyl halides is 1. The van der Waals surface area contributed by atoms with Crippen molar-refractivity contribution in [3.05, 3.63) is 35.9 Å². The highest BCUT2D eigenvalue weighted by molar-refractivity contribution is 9.09. The van der Waals surface area contributed by atoms with Crippen molar-refractivity contribution >= 4 is 45.4 Å². The molecule has 3 amide bonds. The summed E-state index contributed by atoms with van der Waals surface area (Å²) >= 11 is 5.45. The molecule has 4 aliphatic heterocycles. The maximum Gasteiger partial charge on any atom is 0.244 e. The fourth-order valence-corrected chi connectivity index (χ4v) is 10.6. The van der Waals surface area contributed by atoms with E-state index < -0.39 is 28.7 Å². The predicted octanol–water partition coefficient (Wildman–Crippen LogP) is 1.62. The average Bonchev–Trinajstić information content (AvgIpc) is 3.54. The zero-order valence-electron chi connectivity index (χ0n) is 23.3. The molecule has 4 saturated heterocycles. The topological polar surface area (TPSA) is 111 Å². The molecular weight excluding hydrogens is 596 g/mol. The summed E-state index contributed by atoms with van der Waals surface area (Å²) in [5.41, 5.74) is 0.992. The number of halogens is 1. The Morgan fingerprint density at radius 3 is 2.58 bits per heavy atom. The van der Waals surface area contributed by atoms with Crippen molar-refractivity contribution in [2.45, 2.75) is 60.1 Å². The number of aliphatic hydroxyl groups is 1. The minimum atomic E-state index is -0.743. The van der Waals surface area contributed by atoms with E-state index in [2.05, 4.69) is 45.3 Å². The number of morpholine rings is 1. The molecule has 0 saturated carbocycles. The molecule has 9 nitrogen and oxygen atoms in total. The smallest absolute Gasteiger partial charge is 0.244 e. The Kier molecular flexibility index (Phi) is 9.46. The van der Waals surface area contributed by atoms with Gasteiger partial charge in [0.25, 0.3) is 0 Å². The van der Waals surface area contributed by atoms with Crippen LogP contribution in [-0.2, 0) is 25.7 Å². The summed E-state index contributed by atoms with van der Waals surface area (Å²) in [6.07, 6.45) is 1.21. The standard InChI is InChI=1S/C29H41BrN4O5S/c1-18(2)14-20(17-35)34-25(27(37)31-8-9-33-10-12-39-13-11-33)29-15-21(30)24(40-29)22(23(29)28(34)38)26(36)32-16-19-6-4-3-5-7-19/h3-7,18,20-25,35H,8-17H2,1-2H3,(H,31,37)(H,32,36)/t20-,21?,22+,23+,24+,25?,29?/m1/s1. The lowest BCUT2D eigenvalue weighted by atomic mass is 9.70. The van der Waals surface area contributed by atoms with Crippen molar-refractivity contribution in [1.82, 2.24) is 20.4 Å². The van der Waals surface area contributed by atoms with Crippen molar-refractivity contribution < 1.29 is 24.2 Å². The Morgan fingerprint density at radius 2 is 1.90 bits per heavy atom.